The SMILES string of the molecule is C=C(CCc1ccccc1)C1=C(C)C=C(C2CCC(Cc3ccc(C)cc3)C2=C)C1. The molecule has 0 radical (unpaired) electrons. The molecule has 0 heteroatoms. The Bertz CT molecular complexity index is 982. The van der Waals surface area contributed by atoms with Crippen LogP contribution in [0.5, 0.6) is 0 Å². The highest BCUT2D eigenvalue weighted by Gasteiger charge is 2.33. The van der Waals surface area contributed by atoms with Crippen LogP contribution in [0.3, 0.4) is 0 Å². The fourth-order valence-electron chi connectivity index (χ4n) is 5.17. The van der Waals surface area contributed by atoms with Crippen molar-refractivity contribution in [3.05, 3.63) is 118 Å². The molecule has 0 N–H and O–H groups in total. The van der Waals surface area contributed by atoms with Crippen LogP contribution in [0, 0.1) is 18.8 Å². The van der Waals surface area contributed by atoms with E-state index in [9.17, 15) is 0 Å². The molecule has 0 aliphatic heterocycles. The fourth-order valence-corrected chi connectivity index (χ4v) is 5.17. The second-order valence-electron chi connectivity index (χ2n) is 9.24. The molecular formula is C30H34. The molecule has 154 valence electrons. The summed E-state index contributed by atoms with van der Waals surface area (Å²) in [6, 6.07) is 19.8. The number of benzene rings is 2. The highest BCUT2D eigenvalue weighted by molar-refractivity contribution is 5.50. The van der Waals surface area contributed by atoms with E-state index in [1.165, 1.54) is 51.8 Å². The number of hydrogen-bond donors (Lipinski definition) is 0. The predicted molar refractivity (Wildman–Crippen MR) is 130 cm³/mol. The van der Waals surface area contributed by atoms with Crippen LogP contribution >= 0.6 is 0 Å². The van der Waals surface area contributed by atoms with Gasteiger partial charge in [0, 0.05) is 5.92 Å². The van der Waals surface area contributed by atoms with E-state index in [2.05, 4.69) is 87.7 Å². The van der Waals surface area contributed by atoms with Gasteiger partial charge in [0.05, 0.1) is 0 Å². The van der Waals surface area contributed by atoms with E-state index >= 15 is 0 Å². The Morgan fingerprint density at radius 1 is 0.933 bits per heavy atom. The number of rotatable bonds is 7. The van der Waals surface area contributed by atoms with Crippen LogP contribution in [0.1, 0.15) is 49.3 Å². The molecule has 2 aliphatic rings. The molecule has 0 spiro atoms. The zero-order chi connectivity index (χ0) is 21.1. The minimum Gasteiger partial charge on any atom is -0.0990 e. The Hall–Kier alpha value is -2.60. The summed E-state index contributed by atoms with van der Waals surface area (Å²) in [5.74, 6) is 1.17. The first-order valence-electron chi connectivity index (χ1n) is 11.4. The van der Waals surface area contributed by atoms with Crippen molar-refractivity contribution in [1.29, 1.82) is 0 Å². The first-order chi connectivity index (χ1) is 14.5. The van der Waals surface area contributed by atoms with Gasteiger partial charge in [-0.05, 0) is 80.6 Å². The summed E-state index contributed by atoms with van der Waals surface area (Å²) in [5.41, 5.74) is 11.4. The fraction of sp³-hybridized carbons (Fsp3) is 0.333. The van der Waals surface area contributed by atoms with Crippen molar-refractivity contribution in [2.24, 2.45) is 11.8 Å². The Morgan fingerprint density at radius 2 is 1.67 bits per heavy atom. The average Bonchev–Trinajstić information content (AvgIpc) is 3.31. The lowest BCUT2D eigenvalue weighted by Crippen LogP contribution is -2.06. The second-order valence-corrected chi connectivity index (χ2v) is 9.24. The molecular weight excluding hydrogens is 360 g/mol. The molecule has 30 heavy (non-hydrogen) atoms. The lowest BCUT2D eigenvalue weighted by molar-refractivity contribution is 0.624. The van der Waals surface area contributed by atoms with Gasteiger partial charge < -0.3 is 0 Å². The van der Waals surface area contributed by atoms with E-state index in [1.807, 2.05) is 0 Å². The molecule has 1 saturated carbocycles. The van der Waals surface area contributed by atoms with Crippen molar-refractivity contribution in [1.82, 2.24) is 0 Å². The van der Waals surface area contributed by atoms with Crippen molar-refractivity contribution in [3.8, 4) is 0 Å². The predicted octanol–water partition coefficient (Wildman–Crippen LogP) is 7.96. The highest BCUT2D eigenvalue weighted by atomic mass is 14.4. The van der Waals surface area contributed by atoms with E-state index < -0.39 is 0 Å². The van der Waals surface area contributed by atoms with Gasteiger partial charge in [-0.25, -0.2) is 0 Å². The van der Waals surface area contributed by atoms with Gasteiger partial charge in [-0.1, -0.05) is 96.1 Å². The van der Waals surface area contributed by atoms with Crippen LogP contribution in [-0.2, 0) is 12.8 Å². The molecule has 4 rings (SSSR count). The zero-order valence-electron chi connectivity index (χ0n) is 18.6. The number of allylic oxidation sites excluding steroid dienone is 6. The maximum atomic E-state index is 4.56. The molecule has 0 heterocycles. The molecule has 0 bridgehead atoms. The van der Waals surface area contributed by atoms with Gasteiger partial charge >= 0.3 is 0 Å². The normalized spacial score (nSPS) is 21.3. The van der Waals surface area contributed by atoms with Gasteiger partial charge in [0.25, 0.3) is 0 Å². The van der Waals surface area contributed by atoms with E-state index in [1.54, 1.807) is 5.57 Å². The summed E-state index contributed by atoms with van der Waals surface area (Å²) in [5, 5.41) is 0. The summed E-state index contributed by atoms with van der Waals surface area (Å²) in [6.45, 7) is 13.4. The Morgan fingerprint density at radius 3 is 2.40 bits per heavy atom. The highest BCUT2D eigenvalue weighted by Crippen LogP contribution is 2.46. The molecule has 2 aromatic rings. The molecule has 0 amide bonds. The smallest absolute Gasteiger partial charge is 0.00139 e. The third-order valence-corrected chi connectivity index (χ3v) is 7.07. The average molecular weight is 395 g/mol. The number of hydrogen-bond acceptors (Lipinski definition) is 0. The summed E-state index contributed by atoms with van der Waals surface area (Å²) in [6.07, 6.45) is 9.26. The molecule has 1 fully saturated rings. The van der Waals surface area contributed by atoms with Crippen molar-refractivity contribution in [2.45, 2.75) is 52.4 Å². The van der Waals surface area contributed by atoms with E-state index in [4.69, 9.17) is 0 Å². The Labute approximate surface area is 182 Å². The minimum absolute atomic E-state index is 0.551. The van der Waals surface area contributed by atoms with Crippen molar-refractivity contribution >= 4 is 0 Å². The molecule has 2 unspecified atom stereocenters. The van der Waals surface area contributed by atoms with Crippen molar-refractivity contribution in [3.63, 3.8) is 0 Å². The molecule has 0 aromatic heterocycles. The van der Waals surface area contributed by atoms with Gasteiger partial charge in [0.15, 0.2) is 0 Å². The summed E-state index contributed by atoms with van der Waals surface area (Å²) in [4.78, 5) is 0. The maximum Gasteiger partial charge on any atom is 0.00139 e. The first kappa shape index (κ1) is 20.7. The lowest BCUT2D eigenvalue weighted by atomic mass is 9.87. The molecule has 0 saturated heterocycles. The van der Waals surface area contributed by atoms with Gasteiger partial charge in [-0.15, -0.1) is 0 Å². The summed E-state index contributed by atoms with van der Waals surface area (Å²) in [7, 11) is 0. The van der Waals surface area contributed by atoms with Crippen LogP contribution in [0.15, 0.2) is 102 Å². The summed E-state index contributed by atoms with van der Waals surface area (Å²) >= 11 is 0. The minimum atomic E-state index is 0.551. The van der Waals surface area contributed by atoms with Crippen LogP contribution in [0.2, 0.25) is 0 Å². The monoisotopic (exact) mass is 394 g/mol. The van der Waals surface area contributed by atoms with Crippen LogP contribution in [0.25, 0.3) is 0 Å². The molecule has 2 atom stereocenters. The maximum absolute atomic E-state index is 4.56. The largest absolute Gasteiger partial charge is 0.0990 e. The van der Waals surface area contributed by atoms with Crippen molar-refractivity contribution in [2.75, 3.05) is 0 Å². The Kier molecular flexibility index (Phi) is 6.23. The van der Waals surface area contributed by atoms with Gasteiger partial charge in [0.2, 0.25) is 0 Å². The first-order valence-corrected chi connectivity index (χ1v) is 11.4. The van der Waals surface area contributed by atoms with E-state index in [0.29, 0.717) is 11.8 Å². The van der Waals surface area contributed by atoms with Crippen LogP contribution in [-0.4, -0.2) is 0 Å². The van der Waals surface area contributed by atoms with Crippen molar-refractivity contribution < 1.29 is 0 Å². The van der Waals surface area contributed by atoms with Gasteiger partial charge in [-0.3, -0.25) is 0 Å². The summed E-state index contributed by atoms with van der Waals surface area (Å²) < 4.78 is 0. The van der Waals surface area contributed by atoms with E-state index in [0.717, 1.165) is 25.7 Å². The molecule has 2 aliphatic carbocycles. The molecule has 0 nitrogen and oxygen atoms in total. The lowest BCUT2D eigenvalue weighted by Gasteiger charge is -2.18. The molecule has 2 aromatic carbocycles. The van der Waals surface area contributed by atoms with Crippen LogP contribution in [0.4, 0.5) is 0 Å². The van der Waals surface area contributed by atoms with E-state index in [-0.39, 0.29) is 0 Å². The Balaban J connectivity index is 1.34. The standard InChI is InChI=1S/C30H34/c1-21-10-13-26(14-11-21)19-27-16-17-29(24(27)4)28-18-23(3)30(20-28)22(2)12-15-25-8-6-5-7-9-25/h5-11,13-14,18,27,29H,2,4,12,15-17,19-20H2,1,3H3. The van der Waals surface area contributed by atoms with Crippen LogP contribution < -0.4 is 0 Å². The second kappa shape index (κ2) is 9.04. The zero-order valence-corrected chi connectivity index (χ0v) is 18.6. The topological polar surface area (TPSA) is 0 Å². The third kappa shape index (κ3) is 4.59. The van der Waals surface area contributed by atoms with Gasteiger partial charge in [0.1, 0.15) is 0 Å². The van der Waals surface area contributed by atoms with Gasteiger partial charge in [-0.2, -0.15) is 0 Å². The third-order valence-electron chi connectivity index (χ3n) is 7.07. The number of aryl methyl sites for hydroxylation is 2. The quantitative estimate of drug-likeness (QED) is 0.418.